The predicted molar refractivity (Wildman–Crippen MR) is 298 cm³/mol. The Morgan fingerprint density at radius 1 is 0.275 bits per heavy atom. The minimum absolute atomic E-state index is 0.0638. The van der Waals surface area contributed by atoms with Crippen molar-refractivity contribution in [3.8, 4) is 0 Å². The third-order valence-corrected chi connectivity index (χ3v) is 14.3. The van der Waals surface area contributed by atoms with Crippen molar-refractivity contribution in [2.45, 2.75) is 361 Å². The number of unbranched alkanes of at least 4 members (excludes halogenated alkanes) is 45. The van der Waals surface area contributed by atoms with Crippen LogP contribution in [0.2, 0.25) is 0 Å². The Balaban J connectivity index is 3.91. The van der Waals surface area contributed by atoms with E-state index in [1.54, 1.807) is 0 Å². The lowest BCUT2D eigenvalue weighted by atomic mass is 10.0. The summed E-state index contributed by atoms with van der Waals surface area (Å²) >= 11 is 0. The van der Waals surface area contributed by atoms with Crippen molar-refractivity contribution < 1.29 is 28.6 Å². The molecule has 0 rings (SSSR count). The molecular formula is C63H120O6. The lowest BCUT2D eigenvalue weighted by Crippen LogP contribution is -2.30. The van der Waals surface area contributed by atoms with Gasteiger partial charge in [-0.25, -0.2) is 0 Å². The number of carbonyl (C=O) groups is 3. The van der Waals surface area contributed by atoms with Crippen LogP contribution in [0, 0.1) is 0 Å². The Bertz CT molecular complexity index is 1070. The standard InChI is InChI=1S/C63H120O6/c1-4-7-10-13-16-18-20-22-24-25-26-27-28-29-30-31-32-33-34-35-36-37-38-39-40-42-43-45-47-50-53-56-62(65)68-59-60(58-67-61(64)55-52-49-15-12-9-6-3)69-63(66)57-54-51-48-46-44-41-23-21-19-17-14-11-8-5-2/h25-26,60H,4-24,27-59H2,1-3H3/b26-25-. The molecule has 69 heavy (non-hydrogen) atoms. The molecule has 0 heterocycles. The lowest BCUT2D eigenvalue weighted by Gasteiger charge is -2.18. The SMILES string of the molecule is CCCCCCCCCC/C=C\CCCCCCCCCCCCCCCCCCCCCC(=O)OCC(COC(=O)CCCCCCCC)OC(=O)CCCCCCCCCCCCCCCC. The van der Waals surface area contributed by atoms with Crippen LogP contribution >= 0.6 is 0 Å². The molecule has 0 aliphatic carbocycles. The topological polar surface area (TPSA) is 78.9 Å². The highest BCUT2D eigenvalue weighted by Crippen LogP contribution is 2.18. The lowest BCUT2D eigenvalue weighted by molar-refractivity contribution is -0.167. The predicted octanol–water partition coefficient (Wildman–Crippen LogP) is 20.9. The van der Waals surface area contributed by atoms with Crippen LogP contribution in [0.3, 0.4) is 0 Å². The quantitative estimate of drug-likeness (QED) is 0.0261. The summed E-state index contributed by atoms with van der Waals surface area (Å²) in [6.45, 7) is 6.63. The molecule has 6 heteroatoms. The van der Waals surface area contributed by atoms with Crippen molar-refractivity contribution >= 4 is 17.9 Å². The Morgan fingerprint density at radius 2 is 0.478 bits per heavy atom. The first-order chi connectivity index (χ1) is 34.0. The summed E-state index contributed by atoms with van der Waals surface area (Å²) in [6.07, 6.45) is 68.4. The number of carbonyl (C=O) groups excluding carboxylic acids is 3. The summed E-state index contributed by atoms with van der Waals surface area (Å²) < 4.78 is 16.8. The fourth-order valence-electron chi connectivity index (χ4n) is 9.56. The van der Waals surface area contributed by atoms with Crippen molar-refractivity contribution in [2.24, 2.45) is 0 Å². The highest BCUT2D eigenvalue weighted by molar-refractivity contribution is 5.71. The van der Waals surface area contributed by atoms with Gasteiger partial charge in [0.25, 0.3) is 0 Å². The zero-order chi connectivity index (χ0) is 50.0. The van der Waals surface area contributed by atoms with Crippen LogP contribution in [0.1, 0.15) is 355 Å². The van der Waals surface area contributed by atoms with Gasteiger partial charge in [-0.2, -0.15) is 0 Å². The number of hydrogen-bond donors (Lipinski definition) is 0. The molecule has 6 nitrogen and oxygen atoms in total. The molecule has 0 aliphatic heterocycles. The summed E-state index contributed by atoms with van der Waals surface area (Å²) in [5, 5.41) is 0. The molecule has 0 amide bonds. The summed E-state index contributed by atoms with van der Waals surface area (Å²) in [6, 6.07) is 0. The molecule has 0 N–H and O–H groups in total. The molecule has 0 aromatic heterocycles. The molecule has 0 spiro atoms. The van der Waals surface area contributed by atoms with Crippen molar-refractivity contribution in [3.05, 3.63) is 12.2 Å². The van der Waals surface area contributed by atoms with Gasteiger partial charge in [-0.1, -0.05) is 303 Å². The van der Waals surface area contributed by atoms with E-state index in [2.05, 4.69) is 32.9 Å². The van der Waals surface area contributed by atoms with Gasteiger partial charge >= 0.3 is 17.9 Å². The number of esters is 3. The van der Waals surface area contributed by atoms with Crippen molar-refractivity contribution in [3.63, 3.8) is 0 Å². The van der Waals surface area contributed by atoms with Gasteiger partial charge in [0.15, 0.2) is 6.10 Å². The van der Waals surface area contributed by atoms with Crippen molar-refractivity contribution in [1.29, 1.82) is 0 Å². The minimum Gasteiger partial charge on any atom is -0.462 e. The average molecular weight is 974 g/mol. The molecule has 0 bridgehead atoms. The van der Waals surface area contributed by atoms with Crippen LogP contribution in [-0.2, 0) is 28.6 Å². The molecule has 0 aliphatic rings. The Kier molecular flexibility index (Phi) is 57.1. The van der Waals surface area contributed by atoms with Crippen molar-refractivity contribution in [1.82, 2.24) is 0 Å². The fourth-order valence-corrected chi connectivity index (χ4v) is 9.56. The van der Waals surface area contributed by atoms with E-state index in [0.717, 1.165) is 57.8 Å². The zero-order valence-corrected chi connectivity index (χ0v) is 46.9. The molecule has 1 atom stereocenters. The van der Waals surface area contributed by atoms with Crippen LogP contribution in [0.15, 0.2) is 12.2 Å². The smallest absolute Gasteiger partial charge is 0.306 e. The van der Waals surface area contributed by atoms with Gasteiger partial charge in [-0.05, 0) is 44.9 Å². The second kappa shape index (κ2) is 58.7. The molecule has 408 valence electrons. The normalized spacial score (nSPS) is 12.0. The van der Waals surface area contributed by atoms with E-state index in [9.17, 15) is 14.4 Å². The molecular weight excluding hydrogens is 853 g/mol. The summed E-state index contributed by atoms with van der Waals surface area (Å²) in [5.74, 6) is -0.850. The highest BCUT2D eigenvalue weighted by atomic mass is 16.6. The maximum absolute atomic E-state index is 12.8. The summed E-state index contributed by atoms with van der Waals surface area (Å²) in [7, 11) is 0. The first-order valence-electron chi connectivity index (χ1n) is 31.2. The molecule has 0 fully saturated rings. The first kappa shape index (κ1) is 67.1. The number of ether oxygens (including phenoxy) is 3. The van der Waals surface area contributed by atoms with Crippen LogP contribution in [-0.4, -0.2) is 37.2 Å². The van der Waals surface area contributed by atoms with E-state index in [0.29, 0.717) is 19.3 Å². The summed E-state index contributed by atoms with van der Waals surface area (Å²) in [4.78, 5) is 37.9. The van der Waals surface area contributed by atoms with E-state index in [4.69, 9.17) is 14.2 Å². The highest BCUT2D eigenvalue weighted by Gasteiger charge is 2.19. The van der Waals surface area contributed by atoms with E-state index >= 15 is 0 Å². The Morgan fingerprint density at radius 3 is 0.725 bits per heavy atom. The van der Waals surface area contributed by atoms with E-state index in [-0.39, 0.29) is 31.1 Å². The maximum Gasteiger partial charge on any atom is 0.306 e. The van der Waals surface area contributed by atoms with Crippen LogP contribution < -0.4 is 0 Å². The minimum atomic E-state index is -0.761. The number of allylic oxidation sites excluding steroid dienone is 2. The zero-order valence-electron chi connectivity index (χ0n) is 46.9. The van der Waals surface area contributed by atoms with Crippen molar-refractivity contribution in [2.75, 3.05) is 13.2 Å². The van der Waals surface area contributed by atoms with Gasteiger partial charge in [-0.3, -0.25) is 14.4 Å². The van der Waals surface area contributed by atoms with Gasteiger partial charge in [0.2, 0.25) is 0 Å². The largest absolute Gasteiger partial charge is 0.462 e. The van der Waals surface area contributed by atoms with Crippen LogP contribution in [0.5, 0.6) is 0 Å². The third-order valence-electron chi connectivity index (χ3n) is 14.3. The second-order valence-electron chi connectivity index (χ2n) is 21.3. The molecule has 1 unspecified atom stereocenters. The monoisotopic (exact) mass is 973 g/mol. The van der Waals surface area contributed by atoms with E-state index in [1.165, 1.54) is 257 Å². The maximum atomic E-state index is 12.8. The Labute approximate surface area is 431 Å². The van der Waals surface area contributed by atoms with Gasteiger partial charge < -0.3 is 14.2 Å². The molecule has 0 aromatic rings. The fraction of sp³-hybridized carbons (Fsp3) is 0.921. The molecule has 0 aromatic carbocycles. The molecule has 0 saturated heterocycles. The van der Waals surface area contributed by atoms with Gasteiger partial charge in [0.1, 0.15) is 13.2 Å². The average Bonchev–Trinajstić information content (AvgIpc) is 3.35. The van der Waals surface area contributed by atoms with E-state index in [1.807, 2.05) is 0 Å². The van der Waals surface area contributed by atoms with Crippen LogP contribution in [0.4, 0.5) is 0 Å². The molecule has 0 radical (unpaired) electrons. The number of rotatable bonds is 58. The third kappa shape index (κ3) is 56.9. The van der Waals surface area contributed by atoms with Crippen LogP contribution in [0.25, 0.3) is 0 Å². The van der Waals surface area contributed by atoms with Gasteiger partial charge in [0.05, 0.1) is 0 Å². The van der Waals surface area contributed by atoms with Gasteiger partial charge in [0, 0.05) is 19.3 Å². The first-order valence-corrected chi connectivity index (χ1v) is 31.2. The Hall–Kier alpha value is -1.85. The summed E-state index contributed by atoms with van der Waals surface area (Å²) in [5.41, 5.74) is 0. The van der Waals surface area contributed by atoms with E-state index < -0.39 is 6.10 Å². The second-order valence-corrected chi connectivity index (χ2v) is 21.3. The van der Waals surface area contributed by atoms with Gasteiger partial charge in [-0.15, -0.1) is 0 Å². The number of hydrogen-bond acceptors (Lipinski definition) is 6. The molecule has 0 saturated carbocycles.